The Hall–Kier alpha value is -11.4. The molecule has 1 fully saturated rings. The molecule has 33 nitrogen and oxygen atoms in total. The average molecular weight is 2270 g/mol. The van der Waals surface area contributed by atoms with Gasteiger partial charge >= 0.3 is 42.7 Å². The molecule has 0 radical (unpaired) electrons. The van der Waals surface area contributed by atoms with Crippen LogP contribution >= 0.6 is 73.7 Å². The van der Waals surface area contributed by atoms with Crippen molar-refractivity contribution in [3.63, 3.8) is 0 Å². The van der Waals surface area contributed by atoms with E-state index >= 15 is 0 Å². The third-order valence-corrected chi connectivity index (χ3v) is 26.9. The van der Waals surface area contributed by atoms with Crippen molar-refractivity contribution >= 4 is 180 Å². The van der Waals surface area contributed by atoms with Crippen LogP contribution in [0.4, 0.5) is 70.1 Å². The molecular formula is C94H108BCl6F12N20O13PS2. The number of benzene rings is 2. The molecule has 14 rings (SSSR count). The number of nitrogens with one attached hydrogen (secondary N) is 6. The highest BCUT2D eigenvalue weighted by Gasteiger charge is 2.53. The quantitative estimate of drug-likeness (QED) is 0.00752. The number of fused-ring (bicyclic) bond motifs is 3. The first kappa shape index (κ1) is 126. The zero-order valence-corrected chi connectivity index (χ0v) is 88.7. The van der Waals surface area contributed by atoms with Gasteiger partial charge in [-0.15, -0.1) is 0 Å². The molecule has 1 aliphatic rings. The Labute approximate surface area is 879 Å². The lowest BCUT2D eigenvalue weighted by Crippen LogP contribution is -2.44. The minimum atomic E-state index is -4.44. The number of nitrogens with two attached hydrogens (primary N) is 1. The molecule has 13 aromatic rings. The van der Waals surface area contributed by atoms with E-state index in [1.54, 1.807) is 139 Å². The largest absolute Gasteiger partial charge is 0.497 e. The topological polar surface area (TPSA) is 467 Å². The molecule has 0 amide bonds. The second-order valence-electron chi connectivity index (χ2n) is 34.7. The van der Waals surface area contributed by atoms with Gasteiger partial charge in [-0.1, -0.05) is 82.1 Å². The lowest BCUT2D eigenvalue weighted by molar-refractivity contribution is -0.145. The highest BCUT2D eigenvalue weighted by atomic mass is 36.0. The van der Waals surface area contributed by atoms with Crippen LogP contribution in [0.2, 0.25) is 15.7 Å². The van der Waals surface area contributed by atoms with Gasteiger partial charge in [-0.2, -0.15) is 52.7 Å². The summed E-state index contributed by atoms with van der Waals surface area (Å²) in [6.45, 7) is 24.6. The van der Waals surface area contributed by atoms with Crippen LogP contribution in [-0.2, 0) is 53.1 Å². The maximum atomic E-state index is 13.5. The van der Waals surface area contributed by atoms with Crippen molar-refractivity contribution in [2.45, 2.75) is 249 Å². The Kier molecular flexibility index (Phi) is 44.9. The van der Waals surface area contributed by atoms with E-state index < -0.39 is 171 Å². The van der Waals surface area contributed by atoms with Crippen LogP contribution < -0.4 is 38.4 Å². The van der Waals surface area contributed by atoms with Crippen molar-refractivity contribution in [1.29, 1.82) is 0 Å². The number of Topliss-reactive ketones (excluding diaryl/α,β-unsaturated/α-hetero) is 4. The monoisotopic (exact) mass is 2270 g/mol. The Morgan fingerprint density at radius 1 is 0.463 bits per heavy atom. The lowest BCUT2D eigenvalue weighted by atomic mass is 9.79. The summed E-state index contributed by atoms with van der Waals surface area (Å²) in [7, 11) is -8.48. The van der Waals surface area contributed by atoms with Gasteiger partial charge in [0.1, 0.15) is 28.3 Å². The number of carbonyl (C=O) groups is 4. The van der Waals surface area contributed by atoms with Gasteiger partial charge in [-0.05, 0) is 237 Å². The maximum absolute atomic E-state index is 13.5. The van der Waals surface area contributed by atoms with Gasteiger partial charge in [-0.3, -0.25) is 33.5 Å². The molecule has 2 aromatic carbocycles. The first-order valence-electron chi connectivity index (χ1n) is 44.7. The van der Waals surface area contributed by atoms with Crippen LogP contribution in [-0.4, -0.2) is 183 Å². The molecule has 1 aliphatic heterocycles. The van der Waals surface area contributed by atoms with Gasteiger partial charge in [0, 0.05) is 133 Å². The molecule has 0 bridgehead atoms. The highest BCUT2D eigenvalue weighted by Crippen LogP contribution is 2.61. The fraction of sp³-hybridized carbons (Fsp3) is 0.394. The fourth-order valence-corrected chi connectivity index (χ4v) is 16.2. The van der Waals surface area contributed by atoms with Crippen molar-refractivity contribution in [2.75, 3.05) is 16.0 Å². The SMILES string of the molecule is C.CC[C@@](C)(N)C(=O)CCC(F)(F)F.CC[C@@](C)(Nc1ccnc(-c2c[nH]c3ncccc23)n1)C(=O)CCC(F)(F)F.CC[C@@](C)(Nc1ccnc(-c2cn(S(=O)(=O)c3ccc(C)cc3)c3ncccc23)n1)C(=O)CCC(F)(F)F.CC[C@@](C)(Nc1ccnc(Cl)n1)C(=O)CCC(F)(F)F.Cc1ccc(S(=O)(=O)n2cc(B3OC(C)(C)C(C)(C)O3)c3cccnc32)cc1.Clc1ccnc(Cl)n1.O=P(Cl)(Cl)Cl.O=c1cc[nH]c(=O)[nH]1. The summed E-state index contributed by atoms with van der Waals surface area (Å²) in [4.78, 5) is 121. The zero-order valence-electron chi connectivity index (χ0n) is 81.6. The molecule has 8 N–H and O–H groups in total. The summed E-state index contributed by atoms with van der Waals surface area (Å²) >= 11 is 30.2. The van der Waals surface area contributed by atoms with Gasteiger partial charge < -0.3 is 41.0 Å². The number of aromatic nitrogens is 16. The molecule has 0 saturated carbocycles. The van der Waals surface area contributed by atoms with E-state index in [0.717, 1.165) is 26.0 Å². The van der Waals surface area contributed by atoms with Crippen molar-refractivity contribution < 1.29 is 103 Å². The minimum Gasteiger partial charge on any atom is -0.399 e. The zero-order chi connectivity index (χ0) is 111. The Morgan fingerprint density at radius 2 is 0.826 bits per heavy atom. The first-order valence-corrected chi connectivity index (χ1v) is 53.1. The highest BCUT2D eigenvalue weighted by molar-refractivity contribution is 8.24. The van der Waals surface area contributed by atoms with Gasteiger partial charge in [0.25, 0.3) is 25.6 Å². The van der Waals surface area contributed by atoms with Crippen LogP contribution in [0.3, 0.4) is 0 Å². The smallest absolute Gasteiger partial charge is 0.399 e. The van der Waals surface area contributed by atoms with Gasteiger partial charge in [-0.25, -0.2) is 84.4 Å². The number of anilines is 3. The number of rotatable bonds is 29. The van der Waals surface area contributed by atoms with E-state index in [4.69, 9.17) is 49.8 Å². The number of H-pyrrole nitrogens is 3. The van der Waals surface area contributed by atoms with E-state index in [0.29, 0.717) is 75.0 Å². The van der Waals surface area contributed by atoms with Crippen molar-refractivity contribution in [3.05, 3.63) is 231 Å². The van der Waals surface area contributed by atoms with Crippen LogP contribution in [0.1, 0.15) is 179 Å². The van der Waals surface area contributed by atoms with Crippen LogP contribution in [0.5, 0.6) is 0 Å². The lowest BCUT2D eigenvalue weighted by Gasteiger charge is -2.32. The number of nitrogens with zero attached hydrogens (tertiary/aromatic N) is 13. The number of alkyl halides is 12. The molecule has 12 heterocycles. The van der Waals surface area contributed by atoms with E-state index in [1.165, 1.54) is 91.5 Å². The van der Waals surface area contributed by atoms with E-state index in [2.05, 4.69) is 114 Å². The Balaban J connectivity index is 0.000000277. The van der Waals surface area contributed by atoms with Gasteiger partial charge in [0.05, 0.1) is 68.8 Å². The predicted molar refractivity (Wildman–Crippen MR) is 551 cm³/mol. The molecule has 0 unspecified atom stereocenters. The first-order chi connectivity index (χ1) is 68.5. The fourth-order valence-electron chi connectivity index (χ4n) is 13.0. The maximum Gasteiger partial charge on any atom is 0.497 e. The molecule has 808 valence electrons. The van der Waals surface area contributed by atoms with Crippen LogP contribution in [0.25, 0.3) is 55.9 Å². The molecule has 4 atom stereocenters. The third kappa shape index (κ3) is 38.2. The summed E-state index contributed by atoms with van der Waals surface area (Å²) in [5.74, 6) is -0.698. The minimum absolute atomic E-state index is 0. The van der Waals surface area contributed by atoms with Gasteiger partial charge in [0.2, 0.25) is 10.6 Å². The second-order valence-corrected chi connectivity index (χ2v) is 46.1. The summed E-state index contributed by atoms with van der Waals surface area (Å²) in [6.07, 6.45) is -6.53. The summed E-state index contributed by atoms with van der Waals surface area (Å²) in [6, 6.07) is 31.2. The number of aryl methyl sites for hydroxylation is 2. The second kappa shape index (κ2) is 53.0. The molecule has 0 spiro atoms. The van der Waals surface area contributed by atoms with Crippen LogP contribution in [0.15, 0.2) is 203 Å². The number of pyridine rings is 3. The van der Waals surface area contributed by atoms with E-state index in [-0.39, 0.29) is 57.1 Å². The molecule has 149 heavy (non-hydrogen) atoms. The van der Waals surface area contributed by atoms with Crippen molar-refractivity contribution in [1.82, 2.24) is 77.7 Å². The summed E-state index contributed by atoms with van der Waals surface area (Å²) < 4.78 is 225. The molecule has 1 saturated heterocycles. The molecule has 11 aromatic heterocycles. The van der Waals surface area contributed by atoms with E-state index in [9.17, 15) is 103 Å². The Morgan fingerprint density at radius 3 is 1.19 bits per heavy atom. The number of hydrogen-bond acceptors (Lipinski definition) is 28. The predicted octanol–water partition coefficient (Wildman–Crippen LogP) is 22.9. The van der Waals surface area contributed by atoms with Crippen molar-refractivity contribution in [3.8, 4) is 22.8 Å². The standard InChI is InChI=1S/C26H26F3N5O3S.C20H23BN2O4S.C19H20F3N5O.C12H15ClF3N3O.C8H14F3NO.C4H2Cl2N2.C4H4N2O2.CH4.Cl3OP/c1-4-25(3,21(35)11-13-26(27,28)29)33-22-12-15-30-23(32-22)20-16-34(24-19(20)6-5-14-31-24)38(36,37)18-9-7-17(2)8-10-18;1-14-8-10-15(11-9-14)28(24,25)23-13-17(16-7-6-12-22-18(16)23)21-26-19(2,3)20(4,5)27-21;1-3-18(2,14(28)6-8-19(20,21)22)27-15-7-10-24-17(26-15)13-11-25-16-12(13)5-4-9-23-16;1-3-11(2,8(20)4-6-12(14,15)16)19-9-5-7-17-10(13)18-9;1-3-7(2,12)6(13)4-5-8(9,10)11;5-3-1-2-7-4(6)8-3;7-3-1-2-5-4(8)6-3;;1-5(2,3)4/h5-10,12,14-16H,4,11,13H2,1-3H3,(H,30,32,33);6-13H,1-5H3;4-5,7,9-11H,3,6,8H2,1-2H3,(H,23,25)(H,24,26,27);5,7H,3-4,6H2,1-2H3,(H,17,18,19);3-5,12H2,1-2H3;1-2H;1-2H,(H2,5,6,7,8);1H4;/t25-;;18-;11-;7-;;;;/m1.111..../s1. The van der Waals surface area contributed by atoms with E-state index in [1.807, 2.05) is 58.7 Å². The summed E-state index contributed by atoms with van der Waals surface area (Å²) in [5, 5.41) is 8.13. The number of halogens is 18. The average Bonchev–Trinajstić information content (AvgIpc) is 1.60. The van der Waals surface area contributed by atoms with Gasteiger partial charge in [0.15, 0.2) is 46.1 Å². The molecule has 55 heteroatoms. The number of ketones is 4. The molecular weight excluding hydrogens is 2160 g/mol. The number of hydrogen-bond donors (Lipinski definition) is 7. The normalized spacial score (nSPS) is 14.5. The Bertz CT molecular complexity index is 7090. The number of aromatic amines is 3. The third-order valence-electron chi connectivity index (χ3n) is 23.0. The van der Waals surface area contributed by atoms with Crippen molar-refractivity contribution in [2.24, 2.45) is 5.73 Å². The van der Waals surface area contributed by atoms with Crippen LogP contribution in [0, 0.1) is 13.8 Å². The molecule has 0 aliphatic carbocycles. The number of carbonyl (C=O) groups excluding carboxylic acids is 4. The summed E-state index contributed by atoms with van der Waals surface area (Å²) in [5.41, 5.74) is 3.80.